The number of aromatic nitrogens is 2. The predicted molar refractivity (Wildman–Crippen MR) is 96.7 cm³/mol. The molecule has 9 heteroatoms. The summed E-state index contributed by atoms with van der Waals surface area (Å²) in [7, 11) is 0. The number of nitrogens with zero attached hydrogens (tertiary/aromatic N) is 1. The van der Waals surface area contributed by atoms with Crippen LogP contribution in [0.5, 0.6) is 0 Å². The Morgan fingerprint density at radius 1 is 1.17 bits per heavy atom. The van der Waals surface area contributed by atoms with E-state index in [0.29, 0.717) is 17.3 Å². The Morgan fingerprint density at radius 3 is 2.71 bits per heavy atom. The molecular weight excluding hydrogens is 346 g/mol. The number of hydrogen-bond donors (Lipinski definition) is 4. The van der Waals surface area contributed by atoms with Crippen molar-refractivity contribution in [2.45, 2.75) is 6.54 Å². The Hall–Kier alpha value is -2.78. The minimum atomic E-state index is -0.497. The Balaban J connectivity index is 1.64. The molecule has 0 aliphatic rings. The minimum Gasteiger partial charge on any atom is -0.356 e. The SMILES string of the molecule is O=C(NNC(=S)NCc1cccs1)c1n[nH]c(=O)c2ccccc12. The highest BCUT2D eigenvalue weighted by Gasteiger charge is 2.13. The van der Waals surface area contributed by atoms with Crippen LogP contribution in [0.25, 0.3) is 10.8 Å². The summed E-state index contributed by atoms with van der Waals surface area (Å²) in [6.45, 7) is 0.569. The lowest BCUT2D eigenvalue weighted by atomic mass is 10.1. The van der Waals surface area contributed by atoms with Gasteiger partial charge in [-0.1, -0.05) is 24.3 Å². The predicted octanol–water partition coefficient (Wildman–Crippen LogP) is 1.29. The van der Waals surface area contributed by atoms with Gasteiger partial charge in [0.25, 0.3) is 11.5 Å². The number of nitrogens with one attached hydrogen (secondary N) is 4. The lowest BCUT2D eigenvalue weighted by Crippen LogP contribution is -2.46. The molecule has 0 saturated carbocycles. The summed E-state index contributed by atoms with van der Waals surface area (Å²) in [5.41, 5.74) is 4.85. The van der Waals surface area contributed by atoms with Gasteiger partial charge in [-0.3, -0.25) is 20.4 Å². The van der Waals surface area contributed by atoms with Gasteiger partial charge in [0.2, 0.25) is 0 Å². The zero-order valence-electron chi connectivity index (χ0n) is 12.3. The zero-order valence-corrected chi connectivity index (χ0v) is 14.0. The summed E-state index contributed by atoms with van der Waals surface area (Å²) in [5.74, 6) is -0.497. The maximum Gasteiger partial charge on any atom is 0.290 e. The monoisotopic (exact) mass is 359 g/mol. The van der Waals surface area contributed by atoms with Crippen LogP contribution in [-0.2, 0) is 6.54 Å². The molecule has 0 unspecified atom stereocenters. The van der Waals surface area contributed by atoms with Gasteiger partial charge in [-0.05, 0) is 29.7 Å². The molecule has 7 nitrogen and oxygen atoms in total. The lowest BCUT2D eigenvalue weighted by molar-refractivity contribution is 0.0939. The average molecular weight is 359 g/mol. The van der Waals surface area contributed by atoms with Crippen LogP contribution in [0.4, 0.5) is 0 Å². The third kappa shape index (κ3) is 3.58. The van der Waals surface area contributed by atoms with Crippen LogP contribution in [0.2, 0.25) is 0 Å². The van der Waals surface area contributed by atoms with Gasteiger partial charge in [0.05, 0.1) is 11.9 Å². The van der Waals surface area contributed by atoms with Crippen LogP contribution in [0.15, 0.2) is 46.6 Å². The first-order valence-electron chi connectivity index (χ1n) is 6.99. The molecule has 0 aliphatic heterocycles. The number of hydrogen-bond acceptors (Lipinski definition) is 5. The second kappa shape index (κ2) is 7.20. The molecule has 1 aromatic carbocycles. The fourth-order valence-electron chi connectivity index (χ4n) is 2.09. The Labute approximate surface area is 146 Å². The number of H-pyrrole nitrogens is 1. The molecule has 122 valence electrons. The number of aromatic amines is 1. The maximum atomic E-state index is 12.3. The van der Waals surface area contributed by atoms with Crippen molar-refractivity contribution < 1.29 is 4.79 Å². The largest absolute Gasteiger partial charge is 0.356 e. The van der Waals surface area contributed by atoms with Crippen molar-refractivity contribution >= 4 is 45.3 Å². The first kappa shape index (κ1) is 16.1. The van der Waals surface area contributed by atoms with Crippen molar-refractivity contribution in [3.63, 3.8) is 0 Å². The van der Waals surface area contributed by atoms with E-state index in [0.717, 1.165) is 4.88 Å². The van der Waals surface area contributed by atoms with E-state index in [-0.39, 0.29) is 16.4 Å². The summed E-state index contributed by atoms with van der Waals surface area (Å²) >= 11 is 6.71. The number of amides is 1. The standard InChI is InChI=1S/C15H13N5O2S2/c21-13-11-6-2-1-5-10(11)12(17-18-13)14(22)19-20-15(23)16-8-9-4-3-7-24-9/h1-7H,8H2,(H,18,21)(H,19,22)(H2,16,20,23). The number of rotatable bonds is 3. The molecular formula is C15H13N5O2S2. The van der Waals surface area contributed by atoms with E-state index >= 15 is 0 Å². The third-order valence-corrected chi connectivity index (χ3v) is 4.33. The van der Waals surface area contributed by atoms with Crippen LogP contribution in [0, 0.1) is 0 Å². The molecule has 2 aromatic heterocycles. The van der Waals surface area contributed by atoms with E-state index in [1.54, 1.807) is 35.6 Å². The first-order chi connectivity index (χ1) is 11.6. The van der Waals surface area contributed by atoms with Gasteiger partial charge in [-0.2, -0.15) is 5.10 Å². The van der Waals surface area contributed by atoms with Crippen LogP contribution in [0.1, 0.15) is 15.4 Å². The molecule has 4 N–H and O–H groups in total. The Morgan fingerprint density at radius 2 is 1.96 bits per heavy atom. The molecule has 0 spiro atoms. The molecule has 3 aromatic rings. The molecule has 0 fully saturated rings. The molecule has 0 saturated heterocycles. The zero-order chi connectivity index (χ0) is 16.9. The van der Waals surface area contributed by atoms with Gasteiger partial charge in [0.15, 0.2) is 10.8 Å². The molecule has 0 atom stereocenters. The van der Waals surface area contributed by atoms with E-state index in [2.05, 4.69) is 26.4 Å². The molecule has 24 heavy (non-hydrogen) atoms. The first-order valence-corrected chi connectivity index (χ1v) is 8.28. The van der Waals surface area contributed by atoms with Crippen molar-refractivity contribution in [1.82, 2.24) is 26.4 Å². The van der Waals surface area contributed by atoms with E-state index in [1.807, 2.05) is 17.5 Å². The van der Waals surface area contributed by atoms with Crippen LogP contribution in [0.3, 0.4) is 0 Å². The minimum absolute atomic E-state index is 0.110. The number of carbonyl (C=O) groups is 1. The van der Waals surface area contributed by atoms with Crippen molar-refractivity contribution in [2.75, 3.05) is 0 Å². The highest BCUT2D eigenvalue weighted by molar-refractivity contribution is 7.80. The van der Waals surface area contributed by atoms with Crippen LogP contribution >= 0.6 is 23.6 Å². The number of carbonyl (C=O) groups excluding carboxylic acids is 1. The van der Waals surface area contributed by atoms with Gasteiger partial charge in [0, 0.05) is 10.3 Å². The highest BCUT2D eigenvalue weighted by atomic mass is 32.1. The summed E-state index contributed by atoms with van der Waals surface area (Å²) in [6.07, 6.45) is 0. The number of benzene rings is 1. The molecule has 0 bridgehead atoms. The average Bonchev–Trinajstić information content (AvgIpc) is 3.12. The molecule has 2 heterocycles. The third-order valence-electron chi connectivity index (χ3n) is 3.20. The van der Waals surface area contributed by atoms with E-state index in [4.69, 9.17) is 12.2 Å². The smallest absolute Gasteiger partial charge is 0.290 e. The van der Waals surface area contributed by atoms with E-state index < -0.39 is 5.91 Å². The summed E-state index contributed by atoms with van der Waals surface area (Å²) in [6, 6.07) is 10.7. The Bertz CT molecular complexity index is 936. The van der Waals surface area contributed by atoms with Crippen molar-refractivity contribution in [2.24, 2.45) is 0 Å². The second-order valence-corrected chi connectivity index (χ2v) is 6.23. The number of thiophene rings is 1. The van der Waals surface area contributed by atoms with Gasteiger partial charge in [0.1, 0.15) is 0 Å². The van der Waals surface area contributed by atoms with Gasteiger partial charge < -0.3 is 5.32 Å². The molecule has 0 radical (unpaired) electrons. The quantitative estimate of drug-likeness (QED) is 0.416. The van der Waals surface area contributed by atoms with E-state index in [1.165, 1.54) is 0 Å². The lowest BCUT2D eigenvalue weighted by Gasteiger charge is -2.11. The topological polar surface area (TPSA) is 98.9 Å². The molecule has 1 amide bonds. The van der Waals surface area contributed by atoms with Crippen molar-refractivity contribution in [1.29, 1.82) is 0 Å². The summed E-state index contributed by atoms with van der Waals surface area (Å²) in [4.78, 5) is 25.1. The van der Waals surface area contributed by atoms with Gasteiger partial charge >= 0.3 is 0 Å². The molecule has 3 rings (SSSR count). The molecule has 0 aliphatic carbocycles. The summed E-state index contributed by atoms with van der Waals surface area (Å²) < 4.78 is 0. The number of fused-ring (bicyclic) bond motifs is 1. The van der Waals surface area contributed by atoms with Crippen molar-refractivity contribution in [3.8, 4) is 0 Å². The van der Waals surface area contributed by atoms with E-state index in [9.17, 15) is 9.59 Å². The number of thiocarbonyl (C=S) groups is 1. The normalized spacial score (nSPS) is 10.3. The summed E-state index contributed by atoms with van der Waals surface area (Å²) in [5, 5.41) is 12.2. The van der Waals surface area contributed by atoms with Crippen LogP contribution in [-0.4, -0.2) is 21.2 Å². The maximum absolute atomic E-state index is 12.3. The highest BCUT2D eigenvalue weighted by Crippen LogP contribution is 2.11. The Kier molecular flexibility index (Phi) is 4.82. The van der Waals surface area contributed by atoms with Gasteiger partial charge in [-0.15, -0.1) is 11.3 Å². The fraction of sp³-hybridized carbons (Fsp3) is 0.0667. The van der Waals surface area contributed by atoms with Gasteiger partial charge in [-0.25, -0.2) is 5.10 Å². The fourth-order valence-corrected chi connectivity index (χ4v) is 2.85. The number of hydrazine groups is 1. The second-order valence-electron chi connectivity index (χ2n) is 4.79. The van der Waals surface area contributed by atoms with Crippen LogP contribution < -0.4 is 21.7 Å². The van der Waals surface area contributed by atoms with Crippen molar-refractivity contribution in [3.05, 3.63) is 62.7 Å².